The number of rotatable bonds is 13. The van der Waals surface area contributed by atoms with E-state index in [1.807, 2.05) is 13.1 Å². The molecule has 1 aromatic heterocycles. The van der Waals surface area contributed by atoms with Gasteiger partial charge in [0.15, 0.2) is 6.29 Å². The van der Waals surface area contributed by atoms with Crippen LogP contribution in [0.1, 0.15) is 144 Å². The SMILES string of the molecule is CCCCC[C@H]1C[C@@]2(C(=O)O)CC[C@](C)(CO)C[C@H]2C2=CC[C@@H]3[C@]4(C)[C@H](CC[C@@]3(C)[C@@]21C)[C@](C)(CO)[C@H](O[C@@H]1OC[C@@H](O)[C@H](O)[C@H]1O)[C@H](O)[C@@H]4C[C@@H]1CC(=O)N[C@H]1C1(c2cnc[nH]2)CCNCC1. The fourth-order valence-electron chi connectivity index (χ4n) is 17.9. The number of aliphatic carboxylic acids is 1. The van der Waals surface area contributed by atoms with E-state index in [0.29, 0.717) is 44.9 Å². The number of carboxylic acids is 1. The first-order valence-corrected chi connectivity index (χ1v) is 26.4. The van der Waals surface area contributed by atoms with Crippen molar-refractivity contribution in [2.45, 2.75) is 186 Å². The molecule has 15 heteroatoms. The van der Waals surface area contributed by atoms with E-state index in [-0.39, 0.29) is 73.2 Å². The minimum atomic E-state index is -1.60. The van der Waals surface area contributed by atoms with Crippen LogP contribution in [0.3, 0.4) is 0 Å². The Bertz CT molecular complexity index is 2030. The third-order valence-corrected chi connectivity index (χ3v) is 21.8. The molecule has 0 radical (unpaired) electrons. The van der Waals surface area contributed by atoms with Crippen molar-refractivity contribution in [3.63, 3.8) is 0 Å². The number of ether oxygens (including phenoxy) is 2. The van der Waals surface area contributed by atoms with Crippen molar-refractivity contribution in [2.75, 3.05) is 32.9 Å². The number of nitrogens with zero attached hydrogens (tertiary/aromatic N) is 1. The summed E-state index contributed by atoms with van der Waals surface area (Å²) in [6.07, 6.45) is 8.74. The van der Waals surface area contributed by atoms with Gasteiger partial charge in [-0.1, -0.05) is 72.5 Å². The van der Waals surface area contributed by atoms with Gasteiger partial charge in [-0.25, -0.2) is 4.98 Å². The molecule has 15 nitrogen and oxygen atoms in total. The molecule has 0 spiro atoms. The number of piperidine rings is 1. The summed E-state index contributed by atoms with van der Waals surface area (Å²) in [7, 11) is 0. The van der Waals surface area contributed by atoms with Gasteiger partial charge < -0.3 is 60.8 Å². The average Bonchev–Trinajstić information content (AvgIpc) is 4.01. The van der Waals surface area contributed by atoms with E-state index in [1.165, 1.54) is 5.57 Å². The van der Waals surface area contributed by atoms with Gasteiger partial charge in [-0.2, -0.15) is 0 Å². The van der Waals surface area contributed by atoms with Crippen molar-refractivity contribution < 1.29 is 54.8 Å². The second-order valence-corrected chi connectivity index (χ2v) is 24.8. The topological polar surface area (TPSA) is 247 Å². The number of aromatic amines is 1. The lowest BCUT2D eigenvalue weighted by Gasteiger charge is -2.74. The van der Waals surface area contributed by atoms with E-state index in [9.17, 15) is 45.3 Å². The molecule has 7 fully saturated rings. The second kappa shape index (κ2) is 18.2. The number of aliphatic hydroxyl groups excluding tert-OH is 6. The standard InChI is InChI=1S/C53H84N4O11/c1-7-8-9-10-31-23-53(46(65)66)16-15-47(2,27-58)24-34(53)32-11-12-37-49(4,51(31,32)6)14-13-36-48(3,28-59)44(68-45-42(64)41(63)35(60)26-67-45)40(62)33(50(36,37)5)21-30-22-39(61)57-43(30)52(17-19-54-20-18-52)38-25-55-29-56-38/h11,25,29-31,33-37,40-45,54,58-60,62-64H,7-10,12-24,26-28H2,1-6H3,(H,55,56)(H,57,61)(H,65,66)/t30-,31+,33+,34+,35-,36-,37+,40-,41+,42-,43-,44-,45+,47+,48+,49-,50+,51-,53+/m1/s1. The molecule has 0 unspecified atom stereocenters. The summed E-state index contributed by atoms with van der Waals surface area (Å²) in [5, 5.41) is 86.9. The monoisotopic (exact) mass is 953 g/mol. The van der Waals surface area contributed by atoms with Crippen LogP contribution in [0.15, 0.2) is 24.2 Å². The van der Waals surface area contributed by atoms with E-state index in [4.69, 9.17) is 9.47 Å². The Labute approximate surface area is 403 Å². The van der Waals surface area contributed by atoms with Crippen LogP contribution in [0.2, 0.25) is 0 Å². The summed E-state index contributed by atoms with van der Waals surface area (Å²) in [5.74, 6) is -1.84. The van der Waals surface area contributed by atoms with Crippen molar-refractivity contribution in [3.8, 4) is 0 Å². The van der Waals surface area contributed by atoms with E-state index in [0.717, 1.165) is 63.7 Å². The molecular weight excluding hydrogens is 869 g/mol. The molecule has 5 aliphatic carbocycles. The summed E-state index contributed by atoms with van der Waals surface area (Å²) >= 11 is 0. The number of H-pyrrole nitrogens is 1. The summed E-state index contributed by atoms with van der Waals surface area (Å²) < 4.78 is 12.6. The van der Waals surface area contributed by atoms with Crippen LogP contribution in [-0.4, -0.2) is 133 Å². The maximum Gasteiger partial charge on any atom is 0.310 e. The normalized spacial score (nSPS) is 48.9. The van der Waals surface area contributed by atoms with Gasteiger partial charge >= 0.3 is 5.97 Å². The Kier molecular flexibility index (Phi) is 13.5. The van der Waals surface area contributed by atoms with Gasteiger partial charge in [0, 0.05) is 41.8 Å². The predicted octanol–water partition coefficient (Wildman–Crippen LogP) is 4.58. The molecule has 0 aromatic carbocycles. The van der Waals surface area contributed by atoms with Gasteiger partial charge in [0.2, 0.25) is 5.91 Å². The van der Waals surface area contributed by atoms with Gasteiger partial charge in [0.1, 0.15) is 18.3 Å². The Balaban J connectivity index is 1.19. The first-order chi connectivity index (χ1) is 32.2. The maximum absolute atomic E-state index is 13.9. The lowest BCUT2D eigenvalue weighted by atomic mass is 9.30. The molecule has 0 bridgehead atoms. The van der Waals surface area contributed by atoms with Gasteiger partial charge in [0.05, 0.1) is 37.2 Å². The van der Waals surface area contributed by atoms with E-state index in [2.05, 4.69) is 61.3 Å². The van der Waals surface area contributed by atoms with Gasteiger partial charge in [-0.05, 0) is 141 Å². The molecule has 4 saturated carbocycles. The number of hydrogen-bond acceptors (Lipinski definition) is 12. The zero-order valence-electron chi connectivity index (χ0n) is 41.6. The molecule has 382 valence electrons. The summed E-state index contributed by atoms with van der Waals surface area (Å²) in [5.41, 5.74) is -2.05. The number of carboxylic acid groups (broad SMARTS) is 1. The summed E-state index contributed by atoms with van der Waals surface area (Å²) in [6, 6.07) is -0.264. The number of amides is 1. The number of aromatic nitrogens is 2. The molecule has 10 N–H and O–H groups in total. The number of aliphatic hydroxyl groups is 6. The van der Waals surface area contributed by atoms with Crippen molar-refractivity contribution in [3.05, 3.63) is 29.9 Å². The zero-order valence-corrected chi connectivity index (χ0v) is 41.6. The fourth-order valence-corrected chi connectivity index (χ4v) is 17.9. The number of carbonyl (C=O) groups is 2. The van der Waals surface area contributed by atoms with E-state index in [1.54, 1.807) is 6.33 Å². The highest BCUT2D eigenvalue weighted by Crippen LogP contribution is 2.78. The molecule has 1 aromatic rings. The average molecular weight is 953 g/mol. The first-order valence-electron chi connectivity index (χ1n) is 26.4. The first kappa shape index (κ1) is 50.5. The number of allylic oxidation sites excluding steroid dienone is 2. The van der Waals surface area contributed by atoms with Crippen LogP contribution in [0.5, 0.6) is 0 Å². The third-order valence-electron chi connectivity index (χ3n) is 21.8. The van der Waals surface area contributed by atoms with Crippen LogP contribution in [0.25, 0.3) is 0 Å². The van der Waals surface area contributed by atoms with Crippen molar-refractivity contribution in [1.82, 2.24) is 20.6 Å². The van der Waals surface area contributed by atoms with Gasteiger partial charge in [-0.3, -0.25) is 9.59 Å². The van der Waals surface area contributed by atoms with E-state index < -0.39 is 81.2 Å². The van der Waals surface area contributed by atoms with Crippen LogP contribution in [0.4, 0.5) is 0 Å². The van der Waals surface area contributed by atoms with Crippen molar-refractivity contribution in [1.29, 1.82) is 0 Å². The number of nitrogens with one attached hydrogen (secondary N) is 3. The van der Waals surface area contributed by atoms with Crippen LogP contribution < -0.4 is 10.6 Å². The van der Waals surface area contributed by atoms with Crippen LogP contribution in [-0.2, 0) is 24.5 Å². The molecule has 3 aliphatic heterocycles. The Morgan fingerprint density at radius 1 is 0.926 bits per heavy atom. The Hall–Kier alpha value is -2.47. The largest absolute Gasteiger partial charge is 0.481 e. The highest BCUT2D eigenvalue weighted by molar-refractivity contribution is 5.79. The zero-order chi connectivity index (χ0) is 48.8. The highest BCUT2D eigenvalue weighted by atomic mass is 16.7. The maximum atomic E-state index is 13.9. The lowest BCUT2D eigenvalue weighted by molar-refractivity contribution is -0.341. The predicted molar refractivity (Wildman–Crippen MR) is 252 cm³/mol. The van der Waals surface area contributed by atoms with Gasteiger partial charge in [-0.15, -0.1) is 0 Å². The van der Waals surface area contributed by atoms with Gasteiger partial charge in [0.25, 0.3) is 0 Å². The third kappa shape index (κ3) is 7.37. The summed E-state index contributed by atoms with van der Waals surface area (Å²) in [6.45, 7) is 14.5. The van der Waals surface area contributed by atoms with Crippen LogP contribution in [0, 0.1) is 68.0 Å². The van der Waals surface area contributed by atoms with E-state index >= 15 is 0 Å². The fraction of sp³-hybridized carbons (Fsp3) is 0.868. The number of imidazole rings is 1. The number of hydrogen-bond donors (Lipinski definition) is 10. The Morgan fingerprint density at radius 2 is 1.68 bits per heavy atom. The molecule has 4 heterocycles. The minimum absolute atomic E-state index is 0.00543. The summed E-state index contributed by atoms with van der Waals surface area (Å²) in [4.78, 5) is 35.7. The number of carbonyl (C=O) groups excluding carboxylic acids is 1. The molecule has 9 rings (SSSR count). The minimum Gasteiger partial charge on any atom is -0.481 e. The quantitative estimate of drug-likeness (QED) is 0.0740. The van der Waals surface area contributed by atoms with Crippen LogP contribution >= 0.6 is 0 Å². The molecule has 3 saturated heterocycles. The molecule has 8 aliphatic rings. The number of fused-ring (bicyclic) bond motifs is 7. The molecule has 1 amide bonds. The molecule has 68 heavy (non-hydrogen) atoms. The van der Waals surface area contributed by atoms with Crippen molar-refractivity contribution in [2.24, 2.45) is 68.0 Å². The van der Waals surface area contributed by atoms with Crippen molar-refractivity contribution >= 4 is 11.9 Å². The molecular formula is C53H84N4O11. The Morgan fingerprint density at radius 3 is 2.34 bits per heavy atom. The molecule has 19 atom stereocenters. The number of unbranched alkanes of at least 4 members (excludes halogenated alkanes) is 2. The second-order valence-electron chi connectivity index (χ2n) is 24.8. The smallest absolute Gasteiger partial charge is 0.310 e. The lowest BCUT2D eigenvalue weighted by Crippen LogP contribution is -2.73. The highest BCUT2D eigenvalue weighted by Gasteiger charge is 2.75.